The van der Waals surface area contributed by atoms with Crippen molar-refractivity contribution in [3.05, 3.63) is 49.1 Å². The van der Waals surface area contributed by atoms with E-state index in [1.165, 1.54) is 6.20 Å². The second-order valence-corrected chi connectivity index (χ2v) is 3.41. The molecule has 1 heterocycles. The van der Waals surface area contributed by atoms with E-state index in [1.807, 2.05) is 0 Å². The zero-order chi connectivity index (χ0) is 12.8. The van der Waals surface area contributed by atoms with E-state index >= 15 is 0 Å². The van der Waals surface area contributed by atoms with Crippen LogP contribution >= 0.6 is 11.6 Å². The lowest BCUT2D eigenvalue weighted by molar-refractivity contribution is -0.385. The highest BCUT2D eigenvalue weighted by Gasteiger charge is 2.19. The fourth-order valence-corrected chi connectivity index (χ4v) is 1.48. The minimum Gasteiger partial charge on any atom is -0.258 e. The first-order valence-electron chi connectivity index (χ1n) is 4.54. The molecule has 17 heavy (non-hydrogen) atoms. The molecule has 1 aromatic rings. The Kier molecular flexibility index (Phi) is 4.45. The molecule has 0 saturated carbocycles. The molecular formula is C9H8ClN5O2. The van der Waals surface area contributed by atoms with Crippen molar-refractivity contribution in [1.29, 1.82) is 0 Å². The average Bonchev–Trinajstić information content (AvgIpc) is 2.26. The van der Waals surface area contributed by atoms with Gasteiger partial charge in [-0.05, 0) is 12.5 Å². The van der Waals surface area contributed by atoms with Gasteiger partial charge < -0.3 is 0 Å². The third-order valence-corrected chi connectivity index (χ3v) is 2.31. The number of hydrogen-bond donors (Lipinski definition) is 0. The van der Waals surface area contributed by atoms with E-state index in [0.29, 0.717) is 11.1 Å². The van der Waals surface area contributed by atoms with Crippen LogP contribution in [0.2, 0.25) is 5.15 Å². The minimum atomic E-state index is -0.574. The van der Waals surface area contributed by atoms with Gasteiger partial charge >= 0.3 is 5.69 Å². The van der Waals surface area contributed by atoms with Crippen LogP contribution in [0, 0.1) is 17.0 Å². The van der Waals surface area contributed by atoms with Gasteiger partial charge in [-0.15, -0.1) is 0 Å². The summed E-state index contributed by atoms with van der Waals surface area (Å²) in [4.78, 5) is 16.5. The Hall–Kier alpha value is -2.11. The molecule has 0 aromatic carbocycles. The van der Waals surface area contributed by atoms with Crippen LogP contribution < -0.4 is 0 Å². The number of hydrogen-bond acceptors (Lipinski definition) is 4. The van der Waals surface area contributed by atoms with Crippen molar-refractivity contribution in [2.75, 3.05) is 6.54 Å². The van der Waals surface area contributed by atoms with Gasteiger partial charge in [0.2, 0.25) is 5.15 Å². The van der Waals surface area contributed by atoms with Gasteiger partial charge in [-0.25, -0.2) is 4.98 Å². The summed E-state index contributed by atoms with van der Waals surface area (Å²) in [7, 11) is 0. The first kappa shape index (κ1) is 13.0. The molecule has 0 fully saturated rings. The van der Waals surface area contributed by atoms with Gasteiger partial charge in [-0.2, -0.15) is 0 Å². The fourth-order valence-electron chi connectivity index (χ4n) is 1.22. The SMILES string of the molecule is Cc1c(C=CCN=[N+]=[N-])cnc(Cl)c1[N+](=O)[O-]. The van der Waals surface area contributed by atoms with E-state index in [9.17, 15) is 10.1 Å². The molecule has 0 atom stereocenters. The van der Waals surface area contributed by atoms with Crippen LogP contribution in [-0.4, -0.2) is 16.5 Å². The highest BCUT2D eigenvalue weighted by Crippen LogP contribution is 2.28. The summed E-state index contributed by atoms with van der Waals surface area (Å²) in [5.74, 6) is 0. The van der Waals surface area contributed by atoms with Crippen LogP contribution in [0.1, 0.15) is 11.1 Å². The van der Waals surface area contributed by atoms with Crippen molar-refractivity contribution < 1.29 is 4.92 Å². The predicted molar refractivity (Wildman–Crippen MR) is 63.7 cm³/mol. The maximum Gasteiger partial charge on any atom is 0.309 e. The van der Waals surface area contributed by atoms with E-state index in [0.717, 1.165) is 0 Å². The number of aromatic nitrogens is 1. The number of azide groups is 1. The van der Waals surface area contributed by atoms with Gasteiger partial charge in [-0.3, -0.25) is 10.1 Å². The van der Waals surface area contributed by atoms with Crippen molar-refractivity contribution in [3.63, 3.8) is 0 Å². The number of halogens is 1. The van der Waals surface area contributed by atoms with Crippen molar-refractivity contribution in [3.8, 4) is 0 Å². The van der Waals surface area contributed by atoms with E-state index < -0.39 is 4.92 Å². The lowest BCUT2D eigenvalue weighted by Gasteiger charge is -2.02. The van der Waals surface area contributed by atoms with E-state index in [4.69, 9.17) is 17.1 Å². The highest BCUT2D eigenvalue weighted by atomic mass is 35.5. The molecule has 0 spiro atoms. The first-order valence-corrected chi connectivity index (χ1v) is 4.92. The summed E-state index contributed by atoms with van der Waals surface area (Å²) in [6, 6.07) is 0. The number of pyridine rings is 1. The molecule has 1 aromatic heterocycles. The molecule has 88 valence electrons. The summed E-state index contributed by atoms with van der Waals surface area (Å²) >= 11 is 5.64. The highest BCUT2D eigenvalue weighted by molar-refractivity contribution is 6.31. The van der Waals surface area contributed by atoms with Gasteiger partial charge in [0.15, 0.2) is 0 Å². The Bertz CT molecular complexity index is 522. The Morgan fingerprint density at radius 2 is 2.47 bits per heavy atom. The molecule has 0 aliphatic carbocycles. The standard InChI is InChI=1S/C9H8ClN5O2/c1-6-7(3-2-4-13-14-11)5-12-9(10)8(6)15(16)17/h2-3,5H,4H2,1H3. The average molecular weight is 254 g/mol. The van der Waals surface area contributed by atoms with E-state index in [2.05, 4.69) is 15.0 Å². The Morgan fingerprint density at radius 1 is 1.76 bits per heavy atom. The second-order valence-electron chi connectivity index (χ2n) is 3.05. The molecule has 8 heteroatoms. The molecule has 1 rings (SSSR count). The Balaban J connectivity index is 3.10. The summed E-state index contributed by atoms with van der Waals surface area (Å²) in [5, 5.41) is 13.9. The molecule has 0 amide bonds. The van der Waals surface area contributed by atoms with Crippen molar-refractivity contribution in [2.45, 2.75) is 6.92 Å². The van der Waals surface area contributed by atoms with Crippen LogP contribution in [0.25, 0.3) is 16.5 Å². The number of nitro groups is 1. The molecule has 0 unspecified atom stereocenters. The second kappa shape index (κ2) is 5.83. The smallest absolute Gasteiger partial charge is 0.258 e. The number of rotatable bonds is 4. The molecule has 0 bridgehead atoms. The molecule has 0 N–H and O–H groups in total. The summed E-state index contributed by atoms with van der Waals surface area (Å²) in [6.07, 6.45) is 4.61. The lowest BCUT2D eigenvalue weighted by Crippen LogP contribution is -1.97. The largest absolute Gasteiger partial charge is 0.309 e. The van der Waals surface area contributed by atoms with Crippen LogP contribution in [0.4, 0.5) is 5.69 Å². The fraction of sp³-hybridized carbons (Fsp3) is 0.222. The molecule has 0 saturated heterocycles. The van der Waals surface area contributed by atoms with Gasteiger partial charge in [0.1, 0.15) is 0 Å². The molecule has 7 nitrogen and oxygen atoms in total. The topological polar surface area (TPSA) is 105 Å². The normalized spacial score (nSPS) is 10.2. The monoisotopic (exact) mass is 253 g/mol. The van der Waals surface area contributed by atoms with Crippen LogP contribution in [0.15, 0.2) is 17.4 Å². The zero-order valence-corrected chi connectivity index (χ0v) is 9.63. The van der Waals surface area contributed by atoms with Crippen molar-refractivity contribution in [1.82, 2.24) is 4.98 Å². The Morgan fingerprint density at radius 3 is 3.06 bits per heavy atom. The van der Waals surface area contributed by atoms with Crippen LogP contribution in [-0.2, 0) is 0 Å². The number of nitrogens with zero attached hydrogens (tertiary/aromatic N) is 5. The van der Waals surface area contributed by atoms with Gasteiger partial charge in [0, 0.05) is 28.8 Å². The first-order chi connectivity index (χ1) is 8.07. The third kappa shape index (κ3) is 3.17. The lowest BCUT2D eigenvalue weighted by atomic mass is 10.1. The summed E-state index contributed by atoms with van der Waals surface area (Å²) in [5.41, 5.74) is 8.85. The maximum atomic E-state index is 10.8. The molecular weight excluding hydrogens is 246 g/mol. The van der Waals surface area contributed by atoms with Crippen LogP contribution in [0.3, 0.4) is 0 Å². The Labute approximate surface area is 102 Å². The van der Waals surface area contributed by atoms with E-state index in [1.54, 1.807) is 19.1 Å². The minimum absolute atomic E-state index is 0.139. The molecule has 0 aliphatic heterocycles. The third-order valence-electron chi connectivity index (χ3n) is 2.03. The van der Waals surface area contributed by atoms with Gasteiger partial charge in [-0.1, -0.05) is 28.9 Å². The van der Waals surface area contributed by atoms with E-state index in [-0.39, 0.29) is 17.4 Å². The van der Waals surface area contributed by atoms with Crippen molar-refractivity contribution in [2.24, 2.45) is 5.11 Å². The van der Waals surface area contributed by atoms with Gasteiger partial charge in [0.05, 0.1) is 4.92 Å². The quantitative estimate of drug-likeness (QED) is 0.205. The summed E-state index contributed by atoms with van der Waals surface area (Å²) in [6.45, 7) is 1.76. The van der Waals surface area contributed by atoms with Crippen LogP contribution in [0.5, 0.6) is 0 Å². The summed E-state index contributed by atoms with van der Waals surface area (Å²) < 4.78 is 0. The molecule has 0 aliphatic rings. The van der Waals surface area contributed by atoms with Crippen molar-refractivity contribution >= 4 is 23.4 Å². The molecule has 0 radical (unpaired) electrons. The predicted octanol–water partition coefficient (Wildman–Crippen LogP) is 3.28. The zero-order valence-electron chi connectivity index (χ0n) is 8.87. The maximum absolute atomic E-state index is 10.8. The van der Waals surface area contributed by atoms with Gasteiger partial charge in [0.25, 0.3) is 0 Å².